The van der Waals surface area contributed by atoms with Crippen LogP contribution in [0.3, 0.4) is 0 Å². The molecule has 0 aromatic heterocycles. The summed E-state index contributed by atoms with van der Waals surface area (Å²) in [6, 6.07) is 15.3. The molecular weight excluding hydrogens is 324 g/mol. The van der Waals surface area contributed by atoms with Gasteiger partial charge in [-0.2, -0.15) is 0 Å². The highest BCUT2D eigenvalue weighted by Crippen LogP contribution is 2.12. The molecule has 0 amide bonds. The summed E-state index contributed by atoms with van der Waals surface area (Å²) in [5.74, 6) is 0.568. The predicted molar refractivity (Wildman–Crippen MR) is 98.2 cm³/mol. The first-order chi connectivity index (χ1) is 11.6. The van der Waals surface area contributed by atoms with Crippen LogP contribution in [0.15, 0.2) is 48.5 Å². The second-order valence-electron chi connectivity index (χ2n) is 5.11. The maximum atomic E-state index is 11.2. The molecule has 0 aliphatic carbocycles. The lowest BCUT2D eigenvalue weighted by atomic mass is 10.1. The fourth-order valence-corrected chi connectivity index (χ4v) is 2.24. The van der Waals surface area contributed by atoms with E-state index in [4.69, 9.17) is 17.0 Å². The first-order valence-corrected chi connectivity index (χ1v) is 7.85. The molecule has 6 heteroatoms. The van der Waals surface area contributed by atoms with Gasteiger partial charge in [-0.05, 0) is 47.6 Å². The molecule has 0 bridgehead atoms. The van der Waals surface area contributed by atoms with Crippen LogP contribution in [0.25, 0.3) is 0 Å². The molecule has 0 aliphatic rings. The summed E-state index contributed by atoms with van der Waals surface area (Å²) >= 11 is 5.28. The summed E-state index contributed by atoms with van der Waals surface area (Å²) in [5.41, 5.74) is 2.86. The molecule has 2 aromatic rings. The first-order valence-electron chi connectivity index (χ1n) is 7.44. The number of carbonyl (C=O) groups is 1. The number of rotatable bonds is 6. The summed E-state index contributed by atoms with van der Waals surface area (Å²) in [7, 11) is 3.02. The van der Waals surface area contributed by atoms with Crippen LogP contribution >= 0.6 is 12.2 Å². The Balaban J connectivity index is 1.82. The van der Waals surface area contributed by atoms with Crippen LogP contribution in [0, 0.1) is 0 Å². The fraction of sp³-hybridized carbons (Fsp3) is 0.222. The largest absolute Gasteiger partial charge is 0.497 e. The van der Waals surface area contributed by atoms with Gasteiger partial charge in [0.2, 0.25) is 0 Å². The Bertz CT molecular complexity index is 684. The number of esters is 1. The maximum Gasteiger partial charge on any atom is 0.309 e. The van der Waals surface area contributed by atoms with E-state index in [0.29, 0.717) is 11.7 Å². The van der Waals surface area contributed by atoms with Crippen molar-refractivity contribution in [1.29, 1.82) is 0 Å². The lowest BCUT2D eigenvalue weighted by molar-refractivity contribution is -0.139. The number of nitrogens with one attached hydrogen (secondary N) is 2. The fourth-order valence-electron chi connectivity index (χ4n) is 2.05. The average Bonchev–Trinajstić information content (AvgIpc) is 2.62. The number of benzene rings is 2. The molecule has 0 saturated heterocycles. The van der Waals surface area contributed by atoms with Crippen molar-refractivity contribution in [1.82, 2.24) is 5.32 Å². The second kappa shape index (κ2) is 8.88. The Morgan fingerprint density at radius 1 is 1.00 bits per heavy atom. The van der Waals surface area contributed by atoms with E-state index >= 15 is 0 Å². The van der Waals surface area contributed by atoms with Crippen LogP contribution in [0.2, 0.25) is 0 Å². The molecule has 0 radical (unpaired) electrons. The molecule has 0 aliphatic heterocycles. The zero-order valence-electron chi connectivity index (χ0n) is 13.7. The average molecular weight is 344 g/mol. The highest BCUT2D eigenvalue weighted by atomic mass is 32.1. The van der Waals surface area contributed by atoms with Crippen LogP contribution in [0.4, 0.5) is 5.69 Å². The quantitative estimate of drug-likeness (QED) is 0.621. The van der Waals surface area contributed by atoms with E-state index in [-0.39, 0.29) is 12.4 Å². The first kappa shape index (κ1) is 17.7. The number of thiocarbonyl (C=S) groups is 1. The molecule has 24 heavy (non-hydrogen) atoms. The summed E-state index contributed by atoms with van der Waals surface area (Å²) in [6.07, 6.45) is 0.261. The molecule has 0 heterocycles. The van der Waals surface area contributed by atoms with Crippen molar-refractivity contribution in [3.8, 4) is 5.75 Å². The third-order valence-electron chi connectivity index (χ3n) is 3.40. The van der Waals surface area contributed by atoms with Gasteiger partial charge >= 0.3 is 5.97 Å². The summed E-state index contributed by atoms with van der Waals surface area (Å²) in [4.78, 5) is 11.2. The Hall–Kier alpha value is -2.60. The highest BCUT2D eigenvalue weighted by Gasteiger charge is 2.03. The molecule has 2 rings (SSSR count). The molecular formula is C18H20N2O3S. The molecule has 2 N–H and O–H groups in total. The number of carbonyl (C=O) groups excluding carboxylic acids is 1. The van der Waals surface area contributed by atoms with Crippen molar-refractivity contribution < 1.29 is 14.3 Å². The van der Waals surface area contributed by atoms with Crippen molar-refractivity contribution >= 4 is 29.0 Å². The summed E-state index contributed by atoms with van der Waals surface area (Å²) in [5, 5.41) is 6.79. The van der Waals surface area contributed by atoms with Gasteiger partial charge in [-0.1, -0.05) is 24.3 Å². The molecule has 2 aromatic carbocycles. The molecule has 0 atom stereocenters. The van der Waals surface area contributed by atoms with Crippen LogP contribution in [0.5, 0.6) is 5.75 Å². The zero-order valence-corrected chi connectivity index (χ0v) is 14.5. The third-order valence-corrected chi connectivity index (χ3v) is 3.65. The standard InChI is InChI=1S/C18H20N2O3S/c1-22-16-9-5-14(6-10-16)12-19-18(24)20-15-7-3-13(4-8-15)11-17(21)23-2/h3-10H,11-12H2,1-2H3,(H2,19,20,24). The third kappa shape index (κ3) is 5.55. The molecule has 0 spiro atoms. The van der Waals surface area contributed by atoms with E-state index in [2.05, 4.69) is 15.4 Å². The van der Waals surface area contributed by atoms with E-state index in [0.717, 1.165) is 22.6 Å². The van der Waals surface area contributed by atoms with E-state index in [1.807, 2.05) is 48.5 Å². The summed E-state index contributed by atoms with van der Waals surface area (Å²) < 4.78 is 9.77. The van der Waals surface area contributed by atoms with Crippen LogP contribution in [-0.2, 0) is 22.5 Å². The van der Waals surface area contributed by atoms with Crippen LogP contribution in [-0.4, -0.2) is 25.3 Å². The van der Waals surface area contributed by atoms with E-state index in [1.165, 1.54) is 7.11 Å². The Morgan fingerprint density at radius 2 is 1.62 bits per heavy atom. The van der Waals surface area contributed by atoms with Gasteiger partial charge in [0.05, 0.1) is 20.6 Å². The van der Waals surface area contributed by atoms with Crippen molar-refractivity contribution in [2.24, 2.45) is 0 Å². The van der Waals surface area contributed by atoms with Gasteiger partial charge in [-0.25, -0.2) is 0 Å². The molecule has 0 unspecified atom stereocenters. The highest BCUT2D eigenvalue weighted by molar-refractivity contribution is 7.80. The van der Waals surface area contributed by atoms with Crippen molar-refractivity contribution in [2.45, 2.75) is 13.0 Å². The SMILES string of the molecule is COC(=O)Cc1ccc(NC(=S)NCc2ccc(OC)cc2)cc1. The van der Waals surface area contributed by atoms with Gasteiger partial charge in [0, 0.05) is 12.2 Å². The van der Waals surface area contributed by atoms with E-state index < -0.39 is 0 Å². The zero-order chi connectivity index (χ0) is 17.4. The molecule has 0 fully saturated rings. The molecule has 5 nitrogen and oxygen atoms in total. The minimum atomic E-state index is -0.257. The van der Waals surface area contributed by atoms with Gasteiger partial charge in [0.15, 0.2) is 5.11 Å². The molecule has 0 saturated carbocycles. The molecule has 126 valence electrons. The predicted octanol–water partition coefficient (Wildman–Crippen LogP) is 2.90. The number of ether oxygens (including phenoxy) is 2. The number of hydrogen-bond acceptors (Lipinski definition) is 4. The minimum absolute atomic E-state index is 0.257. The normalized spacial score (nSPS) is 9.92. The minimum Gasteiger partial charge on any atom is -0.497 e. The Morgan fingerprint density at radius 3 is 2.21 bits per heavy atom. The van der Waals surface area contributed by atoms with Crippen LogP contribution < -0.4 is 15.4 Å². The topological polar surface area (TPSA) is 59.6 Å². The van der Waals surface area contributed by atoms with Crippen LogP contribution in [0.1, 0.15) is 11.1 Å². The number of anilines is 1. The smallest absolute Gasteiger partial charge is 0.309 e. The second-order valence-corrected chi connectivity index (χ2v) is 5.51. The maximum absolute atomic E-state index is 11.2. The Labute approximate surface area is 147 Å². The summed E-state index contributed by atoms with van der Waals surface area (Å²) in [6.45, 7) is 0.621. The lowest BCUT2D eigenvalue weighted by Crippen LogP contribution is -2.27. The monoisotopic (exact) mass is 344 g/mol. The van der Waals surface area contributed by atoms with Gasteiger partial charge in [-0.3, -0.25) is 4.79 Å². The van der Waals surface area contributed by atoms with Crippen molar-refractivity contribution in [3.05, 3.63) is 59.7 Å². The van der Waals surface area contributed by atoms with Gasteiger partial charge in [0.1, 0.15) is 5.75 Å². The Kier molecular flexibility index (Phi) is 6.57. The van der Waals surface area contributed by atoms with Gasteiger partial charge in [-0.15, -0.1) is 0 Å². The van der Waals surface area contributed by atoms with E-state index in [1.54, 1.807) is 7.11 Å². The van der Waals surface area contributed by atoms with Gasteiger partial charge < -0.3 is 20.1 Å². The lowest BCUT2D eigenvalue weighted by Gasteiger charge is -2.11. The van der Waals surface area contributed by atoms with Gasteiger partial charge in [0.25, 0.3) is 0 Å². The number of hydrogen-bond donors (Lipinski definition) is 2. The van der Waals surface area contributed by atoms with Crippen molar-refractivity contribution in [2.75, 3.05) is 19.5 Å². The van der Waals surface area contributed by atoms with E-state index in [9.17, 15) is 4.79 Å². The van der Waals surface area contributed by atoms with Crippen molar-refractivity contribution in [3.63, 3.8) is 0 Å². The number of methoxy groups -OCH3 is 2.